The Morgan fingerprint density at radius 2 is 2.27 bits per heavy atom. The molecule has 0 aromatic carbocycles. The van der Waals surface area contributed by atoms with Crippen molar-refractivity contribution in [3.63, 3.8) is 0 Å². The van der Waals surface area contributed by atoms with Crippen LogP contribution >= 0.6 is 0 Å². The van der Waals surface area contributed by atoms with Gasteiger partial charge in [0.05, 0.1) is 19.7 Å². The van der Waals surface area contributed by atoms with Gasteiger partial charge in [0.1, 0.15) is 0 Å². The topological polar surface area (TPSA) is 52.6 Å². The number of carbonyl (C=O) groups excluding carboxylic acids is 1. The minimum atomic E-state index is -0.0856. The van der Waals surface area contributed by atoms with E-state index in [-0.39, 0.29) is 19.1 Å². The normalized spacial score (nSPS) is 10.0. The van der Waals surface area contributed by atoms with E-state index in [0.29, 0.717) is 13.1 Å². The Hall–Kier alpha value is -1.05. The lowest BCUT2D eigenvalue weighted by molar-refractivity contribution is -0.122. The Kier molecular flexibility index (Phi) is 8.84. The van der Waals surface area contributed by atoms with E-state index in [9.17, 15) is 4.79 Å². The molecule has 1 amide bonds. The van der Waals surface area contributed by atoms with Crippen molar-refractivity contribution in [3.8, 4) is 12.3 Å². The fourth-order valence-electron chi connectivity index (χ4n) is 1.20. The summed E-state index contributed by atoms with van der Waals surface area (Å²) in [7, 11) is 0. The van der Waals surface area contributed by atoms with Crippen LogP contribution in [0.15, 0.2) is 0 Å². The number of aliphatic hydroxyl groups is 1. The molecule has 0 fully saturated rings. The SMILES string of the molecule is C#CCNC(=O)CN(CCO)CCCC. The Bertz CT molecular complexity index is 211. The van der Waals surface area contributed by atoms with E-state index in [4.69, 9.17) is 11.5 Å². The van der Waals surface area contributed by atoms with Gasteiger partial charge in [0.2, 0.25) is 5.91 Å². The lowest BCUT2D eigenvalue weighted by atomic mass is 10.3. The van der Waals surface area contributed by atoms with Gasteiger partial charge < -0.3 is 10.4 Å². The van der Waals surface area contributed by atoms with E-state index in [0.717, 1.165) is 19.4 Å². The Morgan fingerprint density at radius 3 is 2.80 bits per heavy atom. The molecule has 0 bridgehead atoms. The Balaban J connectivity index is 3.82. The first-order chi connectivity index (χ1) is 7.24. The number of rotatable bonds is 8. The lowest BCUT2D eigenvalue weighted by Gasteiger charge is -2.19. The zero-order valence-corrected chi connectivity index (χ0v) is 9.33. The van der Waals surface area contributed by atoms with Gasteiger partial charge in [-0.3, -0.25) is 9.69 Å². The molecule has 0 rings (SSSR count). The summed E-state index contributed by atoms with van der Waals surface area (Å²) in [5, 5.41) is 11.4. The number of nitrogens with zero attached hydrogens (tertiary/aromatic N) is 1. The molecule has 15 heavy (non-hydrogen) atoms. The summed E-state index contributed by atoms with van der Waals surface area (Å²) in [6, 6.07) is 0. The molecule has 4 nitrogen and oxygen atoms in total. The van der Waals surface area contributed by atoms with Crippen LogP contribution < -0.4 is 5.32 Å². The molecule has 0 saturated heterocycles. The van der Waals surface area contributed by atoms with Crippen molar-refractivity contribution in [1.82, 2.24) is 10.2 Å². The van der Waals surface area contributed by atoms with Crippen LogP contribution in [0.2, 0.25) is 0 Å². The van der Waals surface area contributed by atoms with Crippen molar-refractivity contribution in [2.24, 2.45) is 0 Å². The van der Waals surface area contributed by atoms with Crippen LogP contribution in [0.1, 0.15) is 19.8 Å². The number of terminal acetylenes is 1. The van der Waals surface area contributed by atoms with Crippen LogP contribution in [0.5, 0.6) is 0 Å². The monoisotopic (exact) mass is 212 g/mol. The highest BCUT2D eigenvalue weighted by molar-refractivity contribution is 5.78. The van der Waals surface area contributed by atoms with Crippen LogP contribution in [-0.4, -0.2) is 48.7 Å². The molecule has 0 unspecified atom stereocenters. The number of hydrogen-bond donors (Lipinski definition) is 2. The summed E-state index contributed by atoms with van der Waals surface area (Å²) in [6.45, 7) is 4.10. The minimum absolute atomic E-state index is 0.0755. The molecule has 0 aliphatic carbocycles. The maximum absolute atomic E-state index is 11.3. The molecule has 0 spiro atoms. The summed E-state index contributed by atoms with van der Waals surface area (Å²) in [6.07, 6.45) is 7.14. The van der Waals surface area contributed by atoms with Crippen molar-refractivity contribution < 1.29 is 9.90 Å². The molecule has 86 valence electrons. The number of amides is 1. The fourth-order valence-corrected chi connectivity index (χ4v) is 1.20. The lowest BCUT2D eigenvalue weighted by Crippen LogP contribution is -2.39. The first-order valence-electron chi connectivity index (χ1n) is 5.28. The predicted molar refractivity (Wildman–Crippen MR) is 60.3 cm³/mol. The van der Waals surface area contributed by atoms with E-state index in [1.54, 1.807) is 0 Å². The molecule has 0 aromatic rings. The van der Waals surface area contributed by atoms with Gasteiger partial charge in [-0.1, -0.05) is 19.3 Å². The second-order valence-electron chi connectivity index (χ2n) is 3.33. The quantitative estimate of drug-likeness (QED) is 0.549. The van der Waals surface area contributed by atoms with Crippen LogP contribution in [0.25, 0.3) is 0 Å². The number of carbonyl (C=O) groups is 1. The molecule has 0 radical (unpaired) electrons. The van der Waals surface area contributed by atoms with E-state index in [1.165, 1.54) is 0 Å². The van der Waals surface area contributed by atoms with Crippen LogP contribution in [-0.2, 0) is 4.79 Å². The summed E-state index contributed by atoms with van der Waals surface area (Å²) in [5.41, 5.74) is 0. The molecule has 0 heterocycles. The van der Waals surface area contributed by atoms with Crippen molar-refractivity contribution >= 4 is 5.91 Å². The smallest absolute Gasteiger partial charge is 0.234 e. The van der Waals surface area contributed by atoms with Crippen LogP contribution in [0.3, 0.4) is 0 Å². The summed E-state index contributed by atoms with van der Waals surface area (Å²) >= 11 is 0. The molecule has 0 atom stereocenters. The van der Waals surface area contributed by atoms with Crippen molar-refractivity contribution in [2.45, 2.75) is 19.8 Å². The fraction of sp³-hybridized carbons (Fsp3) is 0.727. The maximum atomic E-state index is 11.3. The van der Waals surface area contributed by atoms with Gasteiger partial charge in [-0.15, -0.1) is 6.42 Å². The average molecular weight is 212 g/mol. The number of nitrogens with one attached hydrogen (secondary N) is 1. The molecule has 0 saturated carbocycles. The predicted octanol–water partition coefficient (Wildman–Crippen LogP) is -0.170. The third-order valence-corrected chi connectivity index (χ3v) is 2.00. The van der Waals surface area contributed by atoms with Gasteiger partial charge in [0.15, 0.2) is 0 Å². The highest BCUT2D eigenvalue weighted by Crippen LogP contribution is 1.94. The van der Waals surface area contributed by atoms with Gasteiger partial charge in [-0.05, 0) is 13.0 Å². The van der Waals surface area contributed by atoms with Crippen LogP contribution in [0, 0.1) is 12.3 Å². The van der Waals surface area contributed by atoms with Gasteiger partial charge in [-0.2, -0.15) is 0 Å². The van der Waals surface area contributed by atoms with E-state index in [2.05, 4.69) is 18.2 Å². The number of unbranched alkanes of at least 4 members (excludes halogenated alkanes) is 1. The molecule has 2 N–H and O–H groups in total. The second-order valence-corrected chi connectivity index (χ2v) is 3.33. The number of hydrogen-bond acceptors (Lipinski definition) is 3. The molecule has 4 heteroatoms. The molecular formula is C11H20N2O2. The van der Waals surface area contributed by atoms with E-state index < -0.39 is 0 Å². The molecule has 0 aliphatic rings. The van der Waals surface area contributed by atoms with Gasteiger partial charge in [0.25, 0.3) is 0 Å². The standard InChI is InChI=1S/C11H20N2O2/c1-3-5-7-13(8-9-14)10-11(15)12-6-4-2/h2,14H,3,5-10H2,1H3,(H,12,15). The van der Waals surface area contributed by atoms with Crippen molar-refractivity contribution in [2.75, 3.05) is 32.8 Å². The molecular weight excluding hydrogens is 192 g/mol. The zero-order chi connectivity index (χ0) is 11.5. The summed E-state index contributed by atoms with van der Waals surface area (Å²) in [5.74, 6) is 2.26. The largest absolute Gasteiger partial charge is 0.395 e. The van der Waals surface area contributed by atoms with Gasteiger partial charge in [-0.25, -0.2) is 0 Å². The number of aliphatic hydroxyl groups excluding tert-OH is 1. The third-order valence-electron chi connectivity index (χ3n) is 2.00. The second kappa shape index (κ2) is 9.50. The zero-order valence-electron chi connectivity index (χ0n) is 9.33. The molecule has 0 aromatic heterocycles. The van der Waals surface area contributed by atoms with Crippen molar-refractivity contribution in [3.05, 3.63) is 0 Å². The third kappa shape index (κ3) is 7.98. The summed E-state index contributed by atoms with van der Waals surface area (Å²) in [4.78, 5) is 13.2. The van der Waals surface area contributed by atoms with Crippen molar-refractivity contribution in [1.29, 1.82) is 0 Å². The summed E-state index contributed by atoms with van der Waals surface area (Å²) < 4.78 is 0. The van der Waals surface area contributed by atoms with E-state index >= 15 is 0 Å². The van der Waals surface area contributed by atoms with Gasteiger partial charge in [0, 0.05) is 6.54 Å². The Morgan fingerprint density at radius 1 is 1.53 bits per heavy atom. The van der Waals surface area contributed by atoms with Crippen LogP contribution in [0.4, 0.5) is 0 Å². The first kappa shape index (κ1) is 13.9. The van der Waals surface area contributed by atoms with Gasteiger partial charge >= 0.3 is 0 Å². The first-order valence-corrected chi connectivity index (χ1v) is 5.28. The molecule has 0 aliphatic heterocycles. The minimum Gasteiger partial charge on any atom is -0.395 e. The Labute approximate surface area is 91.7 Å². The maximum Gasteiger partial charge on any atom is 0.234 e. The van der Waals surface area contributed by atoms with E-state index in [1.807, 2.05) is 4.90 Å². The highest BCUT2D eigenvalue weighted by atomic mass is 16.3. The highest BCUT2D eigenvalue weighted by Gasteiger charge is 2.08. The average Bonchev–Trinajstić information content (AvgIpc) is 2.23.